The van der Waals surface area contributed by atoms with Gasteiger partial charge < -0.3 is 5.32 Å². The zero-order chi connectivity index (χ0) is 20.9. The summed E-state index contributed by atoms with van der Waals surface area (Å²) in [4.78, 5) is 24.5. The fraction of sp³-hybridized carbons (Fsp3) is 0.350. The van der Waals surface area contributed by atoms with E-state index >= 15 is 0 Å². The van der Waals surface area contributed by atoms with Crippen molar-refractivity contribution in [2.45, 2.75) is 32.7 Å². The molecule has 0 radical (unpaired) electrons. The number of rotatable bonds is 9. The van der Waals surface area contributed by atoms with Crippen molar-refractivity contribution in [1.29, 1.82) is 0 Å². The van der Waals surface area contributed by atoms with E-state index in [1.165, 1.54) is 9.08 Å². The SMILES string of the molecule is CCCCCS(=O)(=O)CC(=O)Nc1cccc(Cn2nc3ccccn3c2=O)c1. The zero-order valence-electron chi connectivity index (χ0n) is 16.2. The number of amides is 1. The van der Waals surface area contributed by atoms with Crippen molar-refractivity contribution in [2.24, 2.45) is 0 Å². The quantitative estimate of drug-likeness (QED) is 0.538. The molecule has 0 unspecified atom stereocenters. The van der Waals surface area contributed by atoms with Crippen LogP contribution in [-0.2, 0) is 21.2 Å². The first kappa shape index (κ1) is 20.8. The molecule has 1 aromatic carbocycles. The van der Waals surface area contributed by atoms with Gasteiger partial charge in [0.1, 0.15) is 5.75 Å². The molecule has 2 aromatic heterocycles. The van der Waals surface area contributed by atoms with Crippen molar-refractivity contribution in [3.05, 3.63) is 64.7 Å². The van der Waals surface area contributed by atoms with Crippen molar-refractivity contribution in [3.8, 4) is 0 Å². The lowest BCUT2D eigenvalue weighted by Crippen LogP contribution is -2.25. The van der Waals surface area contributed by atoms with Gasteiger partial charge in [0.15, 0.2) is 15.5 Å². The topological polar surface area (TPSA) is 103 Å². The van der Waals surface area contributed by atoms with Gasteiger partial charge in [0, 0.05) is 11.9 Å². The average Bonchev–Trinajstić information content (AvgIpc) is 2.97. The van der Waals surface area contributed by atoms with E-state index in [0.29, 0.717) is 17.8 Å². The Morgan fingerprint density at radius 2 is 1.97 bits per heavy atom. The zero-order valence-corrected chi connectivity index (χ0v) is 17.1. The summed E-state index contributed by atoms with van der Waals surface area (Å²) in [7, 11) is -3.42. The first-order valence-electron chi connectivity index (χ1n) is 9.51. The van der Waals surface area contributed by atoms with Gasteiger partial charge in [-0.2, -0.15) is 0 Å². The van der Waals surface area contributed by atoms with Crippen molar-refractivity contribution >= 4 is 27.1 Å². The minimum absolute atomic E-state index is 0.0189. The van der Waals surface area contributed by atoms with E-state index < -0.39 is 21.5 Å². The minimum atomic E-state index is -3.42. The first-order valence-corrected chi connectivity index (χ1v) is 11.3. The van der Waals surface area contributed by atoms with E-state index in [4.69, 9.17) is 0 Å². The first-order chi connectivity index (χ1) is 13.9. The maximum atomic E-state index is 12.4. The number of fused-ring (bicyclic) bond motifs is 1. The van der Waals surface area contributed by atoms with Crippen LogP contribution in [0.1, 0.15) is 31.7 Å². The van der Waals surface area contributed by atoms with Gasteiger partial charge >= 0.3 is 5.69 Å². The Bertz CT molecular complexity index is 1160. The number of hydrogen-bond donors (Lipinski definition) is 1. The van der Waals surface area contributed by atoms with Gasteiger partial charge in [-0.05, 0) is 36.2 Å². The number of carbonyl (C=O) groups is 1. The van der Waals surface area contributed by atoms with Crippen molar-refractivity contribution in [3.63, 3.8) is 0 Å². The lowest BCUT2D eigenvalue weighted by Gasteiger charge is -2.08. The van der Waals surface area contributed by atoms with Crippen LogP contribution in [0.2, 0.25) is 0 Å². The molecular formula is C20H24N4O4S. The van der Waals surface area contributed by atoms with Gasteiger partial charge in [-0.15, -0.1) is 5.10 Å². The molecule has 0 saturated carbocycles. The number of sulfone groups is 1. The lowest BCUT2D eigenvalue weighted by molar-refractivity contribution is -0.113. The van der Waals surface area contributed by atoms with Crippen LogP contribution >= 0.6 is 0 Å². The Morgan fingerprint density at radius 3 is 2.72 bits per heavy atom. The summed E-state index contributed by atoms with van der Waals surface area (Å²) in [5.41, 5.74) is 1.54. The largest absolute Gasteiger partial charge is 0.350 e. The van der Waals surface area contributed by atoms with E-state index in [1.807, 2.05) is 13.0 Å². The lowest BCUT2D eigenvalue weighted by atomic mass is 10.2. The van der Waals surface area contributed by atoms with Crippen LogP contribution in [0.3, 0.4) is 0 Å². The maximum absolute atomic E-state index is 12.4. The fourth-order valence-corrected chi connectivity index (χ4v) is 4.29. The Kier molecular flexibility index (Phi) is 6.48. The molecule has 0 bridgehead atoms. The standard InChI is InChI=1S/C20H24N4O4S/c1-2-3-6-12-29(27,28)15-19(25)21-17-9-7-8-16(13-17)14-24-20(26)23-11-5-4-10-18(23)22-24/h4-5,7-11,13H,2-3,6,12,14-15H2,1H3,(H,21,25). The highest BCUT2D eigenvalue weighted by Gasteiger charge is 2.16. The number of pyridine rings is 1. The monoisotopic (exact) mass is 416 g/mol. The van der Waals surface area contributed by atoms with Gasteiger partial charge in [0.25, 0.3) is 0 Å². The second kappa shape index (κ2) is 9.04. The van der Waals surface area contributed by atoms with Crippen molar-refractivity contribution < 1.29 is 13.2 Å². The van der Waals surface area contributed by atoms with Crippen LogP contribution in [0.15, 0.2) is 53.5 Å². The molecule has 0 aliphatic carbocycles. The number of anilines is 1. The molecule has 3 rings (SSSR count). The summed E-state index contributed by atoms with van der Waals surface area (Å²) in [6.45, 7) is 2.23. The summed E-state index contributed by atoms with van der Waals surface area (Å²) >= 11 is 0. The van der Waals surface area contributed by atoms with E-state index in [2.05, 4.69) is 10.4 Å². The van der Waals surface area contributed by atoms with E-state index in [1.54, 1.807) is 42.6 Å². The number of aromatic nitrogens is 3. The number of carbonyl (C=O) groups excluding carboxylic acids is 1. The highest BCUT2D eigenvalue weighted by atomic mass is 32.2. The molecule has 0 aliphatic heterocycles. The molecule has 9 heteroatoms. The van der Waals surface area contributed by atoms with Crippen LogP contribution in [0.25, 0.3) is 5.65 Å². The Hall–Kier alpha value is -2.94. The summed E-state index contributed by atoms with van der Waals surface area (Å²) < 4.78 is 26.8. The smallest absolute Gasteiger partial charge is 0.325 e. The summed E-state index contributed by atoms with van der Waals surface area (Å²) in [6, 6.07) is 12.2. The van der Waals surface area contributed by atoms with Gasteiger partial charge in [-0.25, -0.2) is 17.9 Å². The Labute approximate surface area is 169 Å². The second-order valence-corrected chi connectivity index (χ2v) is 9.10. The average molecular weight is 417 g/mol. The third-order valence-electron chi connectivity index (χ3n) is 4.44. The number of unbranched alkanes of at least 4 members (excludes halogenated alkanes) is 2. The van der Waals surface area contributed by atoms with Crippen molar-refractivity contribution in [1.82, 2.24) is 14.2 Å². The van der Waals surface area contributed by atoms with Gasteiger partial charge in [-0.1, -0.05) is 38.0 Å². The predicted octanol–water partition coefficient (Wildman–Crippen LogP) is 2.09. The second-order valence-electron chi connectivity index (χ2n) is 6.92. The molecule has 154 valence electrons. The molecule has 0 atom stereocenters. The summed E-state index contributed by atoms with van der Waals surface area (Å²) in [5, 5.41) is 6.91. The van der Waals surface area contributed by atoms with E-state index in [9.17, 15) is 18.0 Å². The summed E-state index contributed by atoms with van der Waals surface area (Å²) in [6.07, 6.45) is 3.96. The predicted molar refractivity (Wildman–Crippen MR) is 112 cm³/mol. The highest BCUT2D eigenvalue weighted by Crippen LogP contribution is 2.12. The maximum Gasteiger partial charge on any atom is 0.350 e. The molecule has 29 heavy (non-hydrogen) atoms. The highest BCUT2D eigenvalue weighted by molar-refractivity contribution is 7.92. The molecule has 2 heterocycles. The number of hydrogen-bond acceptors (Lipinski definition) is 5. The van der Waals surface area contributed by atoms with Crippen LogP contribution in [-0.4, -0.2) is 40.0 Å². The minimum Gasteiger partial charge on any atom is -0.325 e. The van der Waals surface area contributed by atoms with Gasteiger partial charge in [0.2, 0.25) is 5.91 Å². The number of benzene rings is 1. The van der Waals surface area contributed by atoms with Crippen LogP contribution in [0.5, 0.6) is 0 Å². The number of nitrogens with one attached hydrogen (secondary N) is 1. The van der Waals surface area contributed by atoms with Crippen LogP contribution in [0.4, 0.5) is 5.69 Å². The molecule has 0 spiro atoms. The van der Waals surface area contributed by atoms with Crippen LogP contribution < -0.4 is 11.0 Å². The van der Waals surface area contributed by atoms with Gasteiger partial charge in [0.05, 0.1) is 12.3 Å². The molecule has 1 N–H and O–H groups in total. The van der Waals surface area contributed by atoms with Gasteiger partial charge in [-0.3, -0.25) is 9.20 Å². The molecule has 0 aliphatic rings. The Morgan fingerprint density at radius 1 is 1.14 bits per heavy atom. The third kappa shape index (κ3) is 5.54. The molecule has 0 fully saturated rings. The van der Waals surface area contributed by atoms with Crippen LogP contribution in [0, 0.1) is 0 Å². The van der Waals surface area contributed by atoms with E-state index in [-0.39, 0.29) is 18.0 Å². The molecule has 8 nitrogen and oxygen atoms in total. The molecule has 0 saturated heterocycles. The normalized spacial score (nSPS) is 11.6. The molecule has 1 amide bonds. The molecular weight excluding hydrogens is 392 g/mol. The third-order valence-corrected chi connectivity index (χ3v) is 6.05. The number of nitrogens with zero attached hydrogens (tertiary/aromatic N) is 3. The van der Waals surface area contributed by atoms with Crippen molar-refractivity contribution in [2.75, 3.05) is 16.8 Å². The Balaban J connectivity index is 1.67. The molecule has 3 aromatic rings. The van der Waals surface area contributed by atoms with E-state index in [0.717, 1.165) is 18.4 Å². The summed E-state index contributed by atoms with van der Waals surface area (Å²) in [5.74, 6) is -1.08. The fourth-order valence-electron chi connectivity index (χ4n) is 3.03.